The van der Waals surface area contributed by atoms with Crippen LogP contribution in [0.1, 0.15) is 39.8 Å². The molecule has 0 spiro atoms. The topological polar surface area (TPSA) is 173 Å². The second-order valence-electron chi connectivity index (χ2n) is 9.18. The first-order chi connectivity index (χ1) is 17.1. The number of anilines is 1. The van der Waals surface area contributed by atoms with Crippen LogP contribution in [0.2, 0.25) is 0 Å². The molecule has 0 bridgehead atoms. The van der Waals surface area contributed by atoms with Crippen molar-refractivity contribution in [1.29, 1.82) is 0 Å². The minimum absolute atomic E-state index is 0.121. The van der Waals surface area contributed by atoms with Crippen molar-refractivity contribution in [3.8, 4) is 0 Å². The SMILES string of the molecule is COC(=O)NCCC(C)(C)C(O)SCCO[P+](=O)OC[C@@H]1C[C@H](C)[C@H](n2cnc3c(N)ncnc32)O1. The Labute approximate surface area is 214 Å². The molecule has 1 saturated heterocycles. The zero-order chi connectivity index (χ0) is 26.3. The molecule has 0 saturated carbocycles. The highest BCUT2D eigenvalue weighted by Crippen LogP contribution is 2.38. The van der Waals surface area contributed by atoms with E-state index in [1.807, 2.05) is 25.3 Å². The van der Waals surface area contributed by atoms with Gasteiger partial charge in [-0.05, 0) is 12.8 Å². The van der Waals surface area contributed by atoms with Crippen LogP contribution in [0, 0.1) is 11.3 Å². The molecular weight excluding hydrogens is 511 g/mol. The Morgan fingerprint density at radius 2 is 2.19 bits per heavy atom. The maximum absolute atomic E-state index is 12.2. The number of aliphatic hydroxyl groups is 1. The fraction of sp³-hybridized carbons (Fsp3) is 0.714. The minimum atomic E-state index is -2.32. The average Bonchev–Trinajstić information content (AvgIpc) is 3.43. The smallest absolute Gasteiger partial charge is 0.453 e. The molecule has 0 aliphatic carbocycles. The standard InChI is InChI=1S/C21H33N6O7PS/c1-13-9-14(34-18(13)27-12-26-15-16(22)24-11-25-17(15)27)10-33-35(30)32-7-8-36-19(28)21(2,3)5-6-23-20(29)31-4/h11-14,18-19,28H,5-10H2,1-4H3,(H2-,22,23,24,25,29)/p+1/t13-,14-,18+,19?/m0/s1. The van der Waals surface area contributed by atoms with E-state index in [1.165, 1.54) is 25.2 Å². The molecule has 15 heteroatoms. The van der Waals surface area contributed by atoms with Gasteiger partial charge < -0.3 is 25.6 Å². The van der Waals surface area contributed by atoms with Crippen LogP contribution < -0.4 is 11.1 Å². The quantitative estimate of drug-likeness (QED) is 0.191. The molecule has 36 heavy (non-hydrogen) atoms. The summed E-state index contributed by atoms with van der Waals surface area (Å²) < 4.78 is 35.3. The molecule has 2 aromatic heterocycles. The number of amides is 1. The lowest BCUT2D eigenvalue weighted by Crippen LogP contribution is -2.33. The maximum Gasteiger partial charge on any atom is 0.697 e. The number of rotatable bonds is 13. The molecule has 200 valence electrons. The third-order valence-electron chi connectivity index (χ3n) is 5.93. The van der Waals surface area contributed by atoms with Crippen LogP contribution >= 0.6 is 20.0 Å². The number of aromatic nitrogens is 4. The van der Waals surface area contributed by atoms with E-state index >= 15 is 0 Å². The van der Waals surface area contributed by atoms with Crippen molar-refractivity contribution in [2.75, 3.05) is 38.4 Å². The third kappa shape index (κ3) is 7.46. The Bertz CT molecular complexity index is 1040. The number of ether oxygens (including phenoxy) is 2. The summed E-state index contributed by atoms with van der Waals surface area (Å²) in [6.45, 7) is 6.51. The van der Waals surface area contributed by atoms with Gasteiger partial charge in [-0.1, -0.05) is 20.8 Å². The maximum atomic E-state index is 12.2. The van der Waals surface area contributed by atoms with E-state index in [0.717, 1.165) is 0 Å². The molecular formula is C21H34N6O7PS+. The van der Waals surface area contributed by atoms with E-state index in [2.05, 4.69) is 25.0 Å². The summed E-state index contributed by atoms with van der Waals surface area (Å²) in [5, 5.41) is 13.0. The average molecular weight is 546 g/mol. The summed E-state index contributed by atoms with van der Waals surface area (Å²) in [6, 6.07) is 0. The van der Waals surface area contributed by atoms with Gasteiger partial charge in [0.15, 0.2) is 11.5 Å². The van der Waals surface area contributed by atoms with Gasteiger partial charge in [-0.15, -0.1) is 20.8 Å². The first-order valence-electron chi connectivity index (χ1n) is 11.6. The fourth-order valence-electron chi connectivity index (χ4n) is 3.78. The summed E-state index contributed by atoms with van der Waals surface area (Å²) in [4.78, 5) is 23.6. The number of aliphatic hydroxyl groups excluding tert-OH is 1. The first kappa shape index (κ1) is 28.5. The van der Waals surface area contributed by atoms with Crippen molar-refractivity contribution in [2.24, 2.45) is 11.3 Å². The highest BCUT2D eigenvalue weighted by Gasteiger charge is 2.37. The number of nitrogens with two attached hydrogens (primary N) is 1. The van der Waals surface area contributed by atoms with Gasteiger partial charge in [-0.3, -0.25) is 4.57 Å². The summed E-state index contributed by atoms with van der Waals surface area (Å²) in [5.74, 6) is 0.885. The molecule has 4 N–H and O–H groups in total. The van der Waals surface area contributed by atoms with E-state index in [-0.39, 0.29) is 31.5 Å². The normalized spacial score (nSPS) is 21.5. The van der Waals surface area contributed by atoms with Crippen LogP contribution in [0.5, 0.6) is 0 Å². The third-order valence-corrected chi connectivity index (χ3v) is 8.04. The molecule has 1 fully saturated rings. The molecule has 0 aromatic carbocycles. The van der Waals surface area contributed by atoms with Crippen LogP contribution in [0.4, 0.5) is 10.6 Å². The van der Waals surface area contributed by atoms with Gasteiger partial charge in [-0.2, -0.15) is 0 Å². The van der Waals surface area contributed by atoms with Gasteiger partial charge in [-0.25, -0.2) is 19.7 Å². The van der Waals surface area contributed by atoms with Gasteiger partial charge in [0.2, 0.25) is 0 Å². The van der Waals surface area contributed by atoms with Crippen molar-refractivity contribution in [1.82, 2.24) is 24.8 Å². The van der Waals surface area contributed by atoms with Crippen molar-refractivity contribution in [3.63, 3.8) is 0 Å². The van der Waals surface area contributed by atoms with E-state index in [4.69, 9.17) is 19.5 Å². The molecule has 5 atom stereocenters. The van der Waals surface area contributed by atoms with Crippen LogP contribution in [0.3, 0.4) is 0 Å². The van der Waals surface area contributed by atoms with E-state index in [9.17, 15) is 14.5 Å². The summed E-state index contributed by atoms with van der Waals surface area (Å²) in [7, 11) is -1.02. The van der Waals surface area contributed by atoms with E-state index in [1.54, 1.807) is 6.33 Å². The van der Waals surface area contributed by atoms with Crippen LogP contribution in [0.25, 0.3) is 11.2 Å². The van der Waals surface area contributed by atoms with Gasteiger partial charge in [0.25, 0.3) is 0 Å². The number of nitrogens with one attached hydrogen (secondary N) is 1. The number of fused-ring (bicyclic) bond motifs is 1. The number of nitrogens with zero attached hydrogens (tertiary/aromatic N) is 4. The molecule has 13 nitrogen and oxygen atoms in total. The van der Waals surface area contributed by atoms with E-state index in [0.29, 0.717) is 42.1 Å². The number of carbonyl (C=O) groups excluding carboxylic acids is 1. The number of imidazole rings is 1. The summed E-state index contributed by atoms with van der Waals surface area (Å²) >= 11 is 1.28. The van der Waals surface area contributed by atoms with Crippen LogP contribution in [-0.2, 0) is 23.1 Å². The van der Waals surface area contributed by atoms with Crippen molar-refractivity contribution in [3.05, 3.63) is 12.7 Å². The van der Waals surface area contributed by atoms with Gasteiger partial charge in [0.1, 0.15) is 36.7 Å². The van der Waals surface area contributed by atoms with E-state index < -0.39 is 25.2 Å². The van der Waals surface area contributed by atoms with Gasteiger partial charge in [0, 0.05) is 28.2 Å². The molecule has 2 aromatic rings. The zero-order valence-corrected chi connectivity index (χ0v) is 22.5. The molecule has 1 aliphatic rings. The number of carbonyl (C=O) groups is 1. The lowest BCUT2D eigenvalue weighted by atomic mass is 9.90. The molecule has 2 unspecified atom stereocenters. The van der Waals surface area contributed by atoms with Gasteiger partial charge in [0.05, 0.1) is 19.5 Å². The van der Waals surface area contributed by atoms with Gasteiger partial charge >= 0.3 is 14.3 Å². The molecule has 3 heterocycles. The highest BCUT2D eigenvalue weighted by molar-refractivity contribution is 7.99. The first-order valence-corrected chi connectivity index (χ1v) is 13.7. The molecule has 1 amide bonds. The number of methoxy groups -OCH3 is 1. The predicted octanol–water partition coefficient (Wildman–Crippen LogP) is 2.85. The summed E-state index contributed by atoms with van der Waals surface area (Å²) in [5.41, 5.74) is 5.84. The molecule has 3 rings (SSSR count). The Kier molecular flexibility index (Phi) is 10.2. The predicted molar refractivity (Wildman–Crippen MR) is 134 cm³/mol. The Morgan fingerprint density at radius 1 is 1.42 bits per heavy atom. The van der Waals surface area contributed by atoms with Crippen molar-refractivity contribution in [2.45, 2.75) is 51.4 Å². The Balaban J connectivity index is 1.35. The zero-order valence-electron chi connectivity index (χ0n) is 20.8. The monoisotopic (exact) mass is 545 g/mol. The number of nitrogen functional groups attached to an aromatic ring is 1. The fourth-order valence-corrected chi connectivity index (χ4v) is 5.48. The Morgan fingerprint density at radius 3 is 2.94 bits per heavy atom. The minimum Gasteiger partial charge on any atom is -0.453 e. The lowest BCUT2D eigenvalue weighted by Gasteiger charge is -2.29. The number of alkyl carbamates (subject to hydrolysis) is 1. The Hall–Kier alpha value is -2.09. The number of thioether (sulfide) groups is 1. The lowest BCUT2D eigenvalue weighted by molar-refractivity contribution is -0.0261. The van der Waals surface area contributed by atoms with Crippen LogP contribution in [0.15, 0.2) is 12.7 Å². The molecule has 0 radical (unpaired) electrons. The largest absolute Gasteiger partial charge is 0.697 e. The molecule has 1 aliphatic heterocycles. The van der Waals surface area contributed by atoms with Crippen molar-refractivity contribution >= 4 is 43.1 Å². The van der Waals surface area contributed by atoms with Crippen LogP contribution in [-0.4, -0.2) is 74.9 Å². The second kappa shape index (κ2) is 12.9. The number of hydrogen-bond acceptors (Lipinski definition) is 12. The van der Waals surface area contributed by atoms with Crippen molar-refractivity contribution < 1.29 is 33.0 Å². The number of hydrogen-bond donors (Lipinski definition) is 3. The highest BCUT2D eigenvalue weighted by atomic mass is 32.2. The second-order valence-corrected chi connectivity index (χ2v) is 11.3. The summed E-state index contributed by atoms with van der Waals surface area (Å²) in [6.07, 6.45) is 3.21.